The minimum atomic E-state index is -0.601. The topological polar surface area (TPSA) is 71.0 Å². The van der Waals surface area contributed by atoms with Crippen LogP contribution >= 0.6 is 11.8 Å². The van der Waals surface area contributed by atoms with Crippen LogP contribution in [0.3, 0.4) is 0 Å². The van der Waals surface area contributed by atoms with Crippen molar-refractivity contribution in [3.8, 4) is 5.75 Å². The van der Waals surface area contributed by atoms with Gasteiger partial charge < -0.3 is 10.1 Å². The van der Waals surface area contributed by atoms with Gasteiger partial charge in [0, 0.05) is 18.7 Å². The van der Waals surface area contributed by atoms with Gasteiger partial charge in [0.1, 0.15) is 16.8 Å². The van der Waals surface area contributed by atoms with Crippen molar-refractivity contribution >= 4 is 40.1 Å². The zero-order valence-electron chi connectivity index (χ0n) is 16.2. The molecule has 0 bridgehead atoms. The summed E-state index contributed by atoms with van der Waals surface area (Å²) in [5.41, 5.74) is 1.15. The highest BCUT2D eigenvalue weighted by molar-refractivity contribution is 8.15. The third-order valence-corrected chi connectivity index (χ3v) is 5.42. The summed E-state index contributed by atoms with van der Waals surface area (Å²) in [5, 5.41) is 2.67. The molecule has 1 unspecified atom stereocenters. The maximum absolute atomic E-state index is 13.1. The lowest BCUT2D eigenvalue weighted by molar-refractivity contribution is -0.129. The summed E-state index contributed by atoms with van der Waals surface area (Å²) < 4.78 is 18.5. The zero-order valence-corrected chi connectivity index (χ0v) is 17.0. The summed E-state index contributed by atoms with van der Waals surface area (Å²) >= 11 is 1.23. The summed E-state index contributed by atoms with van der Waals surface area (Å²) in [6, 6.07) is 12.7. The van der Waals surface area contributed by atoms with E-state index in [1.165, 1.54) is 40.9 Å². The Bertz CT molecular complexity index is 900. The van der Waals surface area contributed by atoms with Gasteiger partial charge in [-0.2, -0.15) is 0 Å². The van der Waals surface area contributed by atoms with E-state index in [1.807, 2.05) is 13.8 Å². The van der Waals surface area contributed by atoms with Gasteiger partial charge >= 0.3 is 0 Å². The molecule has 6 nitrogen and oxygen atoms in total. The normalized spacial score (nSPS) is 18.0. The van der Waals surface area contributed by atoms with Crippen LogP contribution in [-0.4, -0.2) is 40.3 Å². The van der Waals surface area contributed by atoms with E-state index in [1.54, 1.807) is 24.3 Å². The summed E-state index contributed by atoms with van der Waals surface area (Å²) in [4.78, 5) is 31.3. The summed E-state index contributed by atoms with van der Waals surface area (Å²) in [7, 11) is 0. The second-order valence-corrected chi connectivity index (χ2v) is 7.44. The first-order valence-corrected chi connectivity index (χ1v) is 10.2. The number of hydrogen-bond acceptors (Lipinski definition) is 5. The van der Waals surface area contributed by atoms with Crippen LogP contribution in [0.25, 0.3) is 0 Å². The molecule has 2 aromatic rings. The minimum absolute atomic E-state index is 0.0871. The first-order chi connectivity index (χ1) is 14.0. The second kappa shape index (κ2) is 9.56. The number of nitrogens with one attached hydrogen (secondary N) is 1. The Morgan fingerprint density at radius 3 is 2.52 bits per heavy atom. The van der Waals surface area contributed by atoms with Crippen molar-refractivity contribution in [2.24, 2.45) is 4.99 Å². The van der Waals surface area contributed by atoms with E-state index in [9.17, 15) is 14.0 Å². The van der Waals surface area contributed by atoms with Gasteiger partial charge in [-0.05, 0) is 62.4 Å². The van der Waals surface area contributed by atoms with Crippen molar-refractivity contribution in [1.29, 1.82) is 0 Å². The van der Waals surface area contributed by atoms with Gasteiger partial charge in [-0.25, -0.2) is 9.38 Å². The van der Waals surface area contributed by atoms with Gasteiger partial charge in [-0.15, -0.1) is 0 Å². The molecule has 1 aliphatic rings. The van der Waals surface area contributed by atoms with Crippen molar-refractivity contribution in [2.45, 2.75) is 25.5 Å². The number of carbonyl (C=O) groups is 2. The summed E-state index contributed by atoms with van der Waals surface area (Å²) in [5.74, 6) is -0.0738. The molecule has 1 heterocycles. The standard InChI is InChI=1S/C21H22FN3O3S/c1-3-25-19(26)13-18(29-21(25)24-16-7-5-14(22)6-8-16)20(27)23-15-9-11-17(12-10-15)28-4-2/h5-12,18H,3-4,13H2,1-2H3,(H,23,27). The molecule has 2 aromatic carbocycles. The van der Waals surface area contributed by atoms with E-state index in [0.717, 1.165) is 5.75 Å². The quantitative estimate of drug-likeness (QED) is 0.767. The summed E-state index contributed by atoms with van der Waals surface area (Å²) in [6.45, 7) is 4.76. The van der Waals surface area contributed by atoms with E-state index < -0.39 is 5.25 Å². The van der Waals surface area contributed by atoms with Gasteiger partial charge in [0.15, 0.2) is 5.17 Å². The molecule has 3 rings (SSSR count). The van der Waals surface area contributed by atoms with E-state index in [0.29, 0.717) is 29.7 Å². The average molecular weight is 415 g/mol. The number of nitrogens with zero attached hydrogens (tertiary/aromatic N) is 2. The molecule has 1 aliphatic heterocycles. The van der Waals surface area contributed by atoms with Crippen LogP contribution in [0.5, 0.6) is 5.75 Å². The molecule has 1 saturated heterocycles. The zero-order chi connectivity index (χ0) is 20.8. The van der Waals surface area contributed by atoms with Crippen molar-refractivity contribution in [3.05, 3.63) is 54.3 Å². The number of aliphatic imine (C=N–C) groups is 1. The number of amidine groups is 1. The predicted octanol–water partition coefficient (Wildman–Crippen LogP) is 4.20. The van der Waals surface area contributed by atoms with Crippen LogP contribution in [-0.2, 0) is 9.59 Å². The highest BCUT2D eigenvalue weighted by Crippen LogP contribution is 2.30. The maximum Gasteiger partial charge on any atom is 0.238 e. The lowest BCUT2D eigenvalue weighted by Gasteiger charge is -2.30. The molecule has 152 valence electrons. The Morgan fingerprint density at radius 2 is 1.90 bits per heavy atom. The van der Waals surface area contributed by atoms with Crippen LogP contribution in [0.2, 0.25) is 0 Å². The highest BCUT2D eigenvalue weighted by Gasteiger charge is 2.35. The fraction of sp³-hybridized carbons (Fsp3) is 0.286. The number of anilines is 1. The van der Waals surface area contributed by atoms with E-state index in [4.69, 9.17) is 4.74 Å². The molecular weight excluding hydrogens is 393 g/mol. The van der Waals surface area contributed by atoms with Crippen LogP contribution < -0.4 is 10.1 Å². The SMILES string of the molecule is CCOc1ccc(NC(=O)C2CC(=O)N(CC)C(=Nc3ccc(F)cc3)S2)cc1. The number of rotatable bonds is 6. The fourth-order valence-electron chi connectivity index (χ4n) is 2.80. The van der Waals surface area contributed by atoms with Crippen LogP contribution in [0.4, 0.5) is 15.8 Å². The van der Waals surface area contributed by atoms with Crippen LogP contribution in [0.1, 0.15) is 20.3 Å². The number of ether oxygens (including phenoxy) is 1. The van der Waals surface area contributed by atoms with Gasteiger partial charge in [-0.3, -0.25) is 14.5 Å². The first kappa shape index (κ1) is 20.9. The molecule has 8 heteroatoms. The number of thioether (sulfide) groups is 1. The number of amides is 2. The van der Waals surface area contributed by atoms with E-state index in [2.05, 4.69) is 10.3 Å². The third-order valence-electron chi connectivity index (χ3n) is 4.23. The third kappa shape index (κ3) is 5.35. The molecule has 0 saturated carbocycles. The van der Waals surface area contributed by atoms with Crippen molar-refractivity contribution in [1.82, 2.24) is 4.90 Å². The molecule has 0 radical (unpaired) electrons. The van der Waals surface area contributed by atoms with Crippen LogP contribution in [0.15, 0.2) is 53.5 Å². The largest absolute Gasteiger partial charge is 0.494 e. The maximum atomic E-state index is 13.1. The smallest absolute Gasteiger partial charge is 0.238 e. The summed E-state index contributed by atoms with van der Waals surface area (Å²) in [6.07, 6.45) is 0.0871. The molecule has 0 aliphatic carbocycles. The Hall–Kier alpha value is -2.87. The predicted molar refractivity (Wildman–Crippen MR) is 113 cm³/mol. The lowest BCUT2D eigenvalue weighted by atomic mass is 10.2. The van der Waals surface area contributed by atoms with Gasteiger partial charge in [0.2, 0.25) is 11.8 Å². The monoisotopic (exact) mass is 415 g/mol. The number of benzene rings is 2. The molecule has 29 heavy (non-hydrogen) atoms. The number of hydrogen-bond donors (Lipinski definition) is 1. The van der Waals surface area contributed by atoms with Crippen molar-refractivity contribution in [3.63, 3.8) is 0 Å². The fourth-order valence-corrected chi connectivity index (χ4v) is 3.97. The molecule has 0 spiro atoms. The van der Waals surface area contributed by atoms with Gasteiger partial charge in [-0.1, -0.05) is 11.8 Å². The molecule has 2 amide bonds. The van der Waals surface area contributed by atoms with E-state index in [-0.39, 0.29) is 24.1 Å². The Labute approximate surface area is 173 Å². The first-order valence-electron chi connectivity index (χ1n) is 9.35. The molecular formula is C21H22FN3O3S. The van der Waals surface area contributed by atoms with Gasteiger partial charge in [0.25, 0.3) is 0 Å². The number of carbonyl (C=O) groups excluding carboxylic acids is 2. The molecule has 0 aromatic heterocycles. The highest BCUT2D eigenvalue weighted by atomic mass is 32.2. The van der Waals surface area contributed by atoms with Crippen molar-refractivity contribution in [2.75, 3.05) is 18.5 Å². The Balaban J connectivity index is 1.74. The molecule has 1 N–H and O–H groups in total. The Kier molecular flexibility index (Phi) is 6.87. The number of halogens is 1. The second-order valence-electron chi connectivity index (χ2n) is 6.27. The van der Waals surface area contributed by atoms with Crippen molar-refractivity contribution < 1.29 is 18.7 Å². The average Bonchev–Trinajstić information content (AvgIpc) is 2.71. The van der Waals surface area contributed by atoms with Crippen LogP contribution in [0, 0.1) is 5.82 Å². The Morgan fingerprint density at radius 1 is 1.21 bits per heavy atom. The van der Waals surface area contributed by atoms with Gasteiger partial charge in [0.05, 0.1) is 12.3 Å². The van der Waals surface area contributed by atoms with E-state index >= 15 is 0 Å². The molecule has 1 fully saturated rings. The molecule has 1 atom stereocenters. The minimum Gasteiger partial charge on any atom is -0.494 e. The lowest BCUT2D eigenvalue weighted by Crippen LogP contribution is -2.45.